The molecule has 1 fully saturated rings. The molecule has 2 atom stereocenters. The van der Waals surface area contributed by atoms with Gasteiger partial charge in [0.2, 0.25) is 11.8 Å². The van der Waals surface area contributed by atoms with E-state index in [4.69, 9.17) is 9.52 Å². The molecule has 1 aromatic heterocycles. The quantitative estimate of drug-likeness (QED) is 0.150. The number of carboxylic acids is 2. The second kappa shape index (κ2) is 13.2. The Kier molecular flexibility index (Phi) is 12.3. The van der Waals surface area contributed by atoms with Gasteiger partial charge in [0, 0.05) is 11.5 Å². The largest absolute Gasteiger partial charge is 1.00 e. The van der Waals surface area contributed by atoms with Crippen molar-refractivity contribution in [3.8, 4) is 0 Å². The molecule has 1 saturated heterocycles. The number of fused-ring (bicyclic) bond motifs is 1. The number of amides is 2. The van der Waals surface area contributed by atoms with Crippen molar-refractivity contribution in [1.82, 2.24) is 20.4 Å². The topological polar surface area (TPSA) is 163 Å². The number of β-lactam (4-membered cyclic amide) rings is 1. The maximum atomic E-state index is 12.4. The van der Waals surface area contributed by atoms with Gasteiger partial charge in [-0.1, -0.05) is 11.8 Å². The van der Waals surface area contributed by atoms with Gasteiger partial charge in [0.15, 0.2) is 0 Å². The van der Waals surface area contributed by atoms with E-state index in [1.807, 2.05) is 0 Å². The first-order chi connectivity index (χ1) is 15.0. The number of rotatable bonds is 9. The van der Waals surface area contributed by atoms with Gasteiger partial charge in [0.25, 0.3) is 11.1 Å². The van der Waals surface area contributed by atoms with Crippen LogP contribution < -0.4 is 64.4 Å². The van der Waals surface area contributed by atoms with Crippen molar-refractivity contribution >= 4 is 59.0 Å². The number of nitrogens with zero attached hydrogens (tertiary/aromatic N) is 3. The van der Waals surface area contributed by atoms with E-state index in [1.54, 1.807) is 0 Å². The third-order valence-electron chi connectivity index (χ3n) is 4.05. The van der Waals surface area contributed by atoms with E-state index in [2.05, 4.69) is 15.5 Å². The molecule has 34 heavy (non-hydrogen) atoms. The number of halogens is 3. The van der Waals surface area contributed by atoms with Crippen LogP contribution >= 0.6 is 35.3 Å². The summed E-state index contributed by atoms with van der Waals surface area (Å²) < 4.78 is 41.8. The average molecular weight is 562 g/mol. The molecule has 0 spiro atoms. The van der Waals surface area contributed by atoms with Gasteiger partial charge in [-0.2, -0.15) is 13.2 Å². The molecule has 0 saturated carbocycles. The summed E-state index contributed by atoms with van der Waals surface area (Å²) in [6.07, 6.45) is -0.467. The molecule has 3 heterocycles. The molecule has 0 aliphatic carbocycles. The van der Waals surface area contributed by atoms with Gasteiger partial charge in [-0.3, -0.25) is 19.3 Å². The predicted molar refractivity (Wildman–Crippen MR) is 107 cm³/mol. The van der Waals surface area contributed by atoms with Crippen LogP contribution in [-0.4, -0.2) is 83.2 Å². The fourth-order valence-corrected chi connectivity index (χ4v) is 5.45. The van der Waals surface area contributed by atoms with Crippen LogP contribution in [-0.2, 0) is 25.6 Å². The van der Waals surface area contributed by atoms with Crippen LogP contribution in [0.25, 0.3) is 0 Å². The molecule has 1 aromatic rings. The van der Waals surface area contributed by atoms with Crippen molar-refractivity contribution in [3.05, 3.63) is 17.2 Å². The fraction of sp³-hybridized carbons (Fsp3) is 0.467. The van der Waals surface area contributed by atoms with Crippen LogP contribution in [0.5, 0.6) is 0 Å². The molecular formula is C15H15F3N4Na2O7S3. The number of carbonyl (C=O) groups excluding carboxylic acids is 2. The monoisotopic (exact) mass is 562 g/mol. The Balaban J connectivity index is 0. The number of nitrogens with one attached hydrogen (secondary N) is 1. The standard InChI is InChI=1S/C15H13F3N4O7S3.2Na.2H/c16-15(17,18)32-4-6(23)19-9-11(26)22-10(13(27)28)5(2-30-12(9)22)3-31-14-21-20-7(29-14)1-8(24)25;;;;/h9,12H,1-4H2,(H,19,23)(H,24,25)(H,27,28);;;;/q;2*+1;2*-1/t9?,12-;;;;/m1..../s1. The molecule has 178 valence electrons. The summed E-state index contributed by atoms with van der Waals surface area (Å²) in [5, 5.41) is 27.0. The summed E-state index contributed by atoms with van der Waals surface area (Å²) in [5.74, 6) is -5.08. The van der Waals surface area contributed by atoms with Crippen molar-refractivity contribution in [1.29, 1.82) is 0 Å². The van der Waals surface area contributed by atoms with Crippen molar-refractivity contribution < 1.29 is 109 Å². The number of hydrogen-bond donors (Lipinski definition) is 3. The van der Waals surface area contributed by atoms with E-state index in [1.165, 1.54) is 0 Å². The Morgan fingerprint density at radius 1 is 1.26 bits per heavy atom. The Morgan fingerprint density at radius 3 is 2.53 bits per heavy atom. The molecule has 2 aliphatic rings. The Morgan fingerprint density at radius 2 is 1.94 bits per heavy atom. The maximum Gasteiger partial charge on any atom is 1.00 e. The Labute approximate surface area is 249 Å². The maximum absolute atomic E-state index is 12.4. The zero-order valence-electron chi connectivity index (χ0n) is 19.6. The Hall–Kier alpha value is -0.400. The summed E-state index contributed by atoms with van der Waals surface area (Å²) >= 11 is 1.57. The summed E-state index contributed by atoms with van der Waals surface area (Å²) in [7, 11) is 0. The summed E-state index contributed by atoms with van der Waals surface area (Å²) in [6, 6.07) is -1.13. The Bertz CT molecular complexity index is 1010. The smallest absolute Gasteiger partial charge is 1.00 e. The molecule has 0 bridgehead atoms. The molecule has 3 rings (SSSR count). The zero-order chi connectivity index (χ0) is 23.6. The van der Waals surface area contributed by atoms with Gasteiger partial charge in [-0.05, 0) is 17.3 Å². The first-order valence-electron chi connectivity index (χ1n) is 8.53. The minimum absolute atomic E-state index is 0. The van der Waals surface area contributed by atoms with Gasteiger partial charge in [-0.15, -0.1) is 22.0 Å². The SMILES string of the molecule is O=C(O)Cc1nnc(SCC2=C(C(=O)O)N3C(=O)C(NC(=O)CSC(F)(F)F)[C@H]3SC2)o1.[H-].[H-].[Na+].[Na+]. The number of thioether (sulfide) groups is 3. The first kappa shape index (κ1) is 31.6. The fourth-order valence-electron chi connectivity index (χ4n) is 2.80. The number of hydrogen-bond acceptors (Lipinski definition) is 10. The van der Waals surface area contributed by atoms with Crippen LogP contribution in [0.2, 0.25) is 0 Å². The molecular weight excluding hydrogens is 547 g/mol. The average Bonchev–Trinajstić information content (AvgIpc) is 3.13. The van der Waals surface area contributed by atoms with Gasteiger partial charge < -0.3 is 22.8 Å². The number of carbonyl (C=O) groups is 4. The van der Waals surface area contributed by atoms with Crippen LogP contribution in [0.1, 0.15) is 8.74 Å². The van der Waals surface area contributed by atoms with E-state index >= 15 is 0 Å². The van der Waals surface area contributed by atoms with E-state index < -0.39 is 64.6 Å². The molecule has 0 radical (unpaired) electrons. The number of alkyl halides is 3. The van der Waals surface area contributed by atoms with E-state index in [9.17, 15) is 37.5 Å². The van der Waals surface area contributed by atoms with Crippen LogP contribution in [0.3, 0.4) is 0 Å². The van der Waals surface area contributed by atoms with Crippen molar-refractivity contribution in [2.45, 2.75) is 28.6 Å². The van der Waals surface area contributed by atoms with Crippen LogP contribution in [0, 0.1) is 0 Å². The molecule has 2 amide bonds. The molecule has 2 aliphatic heterocycles. The van der Waals surface area contributed by atoms with E-state index in [-0.39, 0.29) is 90.3 Å². The second-order valence-corrected chi connectivity index (χ2v) is 9.34. The summed E-state index contributed by atoms with van der Waals surface area (Å²) in [6.45, 7) is 0. The molecule has 11 nitrogen and oxygen atoms in total. The van der Waals surface area contributed by atoms with E-state index in [0.717, 1.165) is 28.4 Å². The molecule has 19 heteroatoms. The number of carboxylic acid groups (broad SMARTS) is 2. The molecule has 3 N–H and O–H groups in total. The van der Waals surface area contributed by atoms with Gasteiger partial charge in [0.1, 0.15) is 23.5 Å². The minimum Gasteiger partial charge on any atom is -1.00 e. The molecule has 1 unspecified atom stereocenters. The van der Waals surface area contributed by atoms with Gasteiger partial charge >= 0.3 is 76.6 Å². The van der Waals surface area contributed by atoms with Gasteiger partial charge in [-0.25, -0.2) is 4.79 Å². The van der Waals surface area contributed by atoms with Crippen molar-refractivity contribution in [2.75, 3.05) is 17.3 Å². The predicted octanol–water partition coefficient (Wildman–Crippen LogP) is -4.99. The van der Waals surface area contributed by atoms with E-state index in [0.29, 0.717) is 5.57 Å². The second-order valence-electron chi connectivity index (χ2n) is 6.27. The van der Waals surface area contributed by atoms with Crippen molar-refractivity contribution in [2.24, 2.45) is 0 Å². The van der Waals surface area contributed by atoms with Gasteiger partial charge in [0.05, 0.1) is 5.75 Å². The zero-order valence-corrected chi connectivity index (χ0v) is 24.1. The summed E-state index contributed by atoms with van der Waals surface area (Å²) in [5.41, 5.74) is -4.52. The first-order valence-corrected chi connectivity index (χ1v) is 11.5. The minimum atomic E-state index is -4.59. The number of aliphatic carboxylic acids is 2. The van der Waals surface area contributed by atoms with Crippen LogP contribution in [0.15, 0.2) is 20.9 Å². The van der Waals surface area contributed by atoms with Crippen LogP contribution in [0.4, 0.5) is 13.2 Å². The number of aromatic nitrogens is 2. The summed E-state index contributed by atoms with van der Waals surface area (Å²) in [4.78, 5) is 47.6. The molecule has 0 aromatic carbocycles. The van der Waals surface area contributed by atoms with Crippen molar-refractivity contribution in [3.63, 3.8) is 0 Å². The third-order valence-corrected chi connectivity index (χ3v) is 7.03. The normalized spacial score (nSPS) is 19.4. The third kappa shape index (κ3) is 8.06.